The SMILES string of the molecule is O=C(Nc1cccc(-c2cnco2)c1)c1ccc(S(=O)(=O)N2CCCCCC2)cc1. The fourth-order valence-corrected chi connectivity index (χ4v) is 5.04. The van der Waals surface area contributed by atoms with E-state index in [4.69, 9.17) is 4.42 Å². The fraction of sp³-hybridized carbons (Fsp3) is 0.273. The van der Waals surface area contributed by atoms with Crippen LogP contribution in [0, 0.1) is 0 Å². The van der Waals surface area contributed by atoms with Crippen LogP contribution in [0.5, 0.6) is 0 Å². The molecule has 1 N–H and O–H groups in total. The van der Waals surface area contributed by atoms with Crippen LogP contribution in [0.25, 0.3) is 11.3 Å². The Morgan fingerprint density at radius 3 is 2.40 bits per heavy atom. The highest BCUT2D eigenvalue weighted by molar-refractivity contribution is 7.89. The molecule has 2 heterocycles. The van der Waals surface area contributed by atoms with E-state index in [1.807, 2.05) is 12.1 Å². The van der Waals surface area contributed by atoms with Crippen molar-refractivity contribution in [2.75, 3.05) is 18.4 Å². The number of nitrogens with one attached hydrogen (secondary N) is 1. The van der Waals surface area contributed by atoms with Gasteiger partial charge in [-0.2, -0.15) is 4.31 Å². The van der Waals surface area contributed by atoms with Crippen LogP contribution in [0.3, 0.4) is 0 Å². The predicted molar refractivity (Wildman–Crippen MR) is 114 cm³/mol. The number of oxazole rings is 1. The molecular weight excluding hydrogens is 402 g/mol. The van der Waals surface area contributed by atoms with Crippen molar-refractivity contribution in [2.24, 2.45) is 0 Å². The predicted octanol–water partition coefficient (Wildman–Crippen LogP) is 4.16. The van der Waals surface area contributed by atoms with Gasteiger partial charge in [0.15, 0.2) is 12.2 Å². The minimum atomic E-state index is -3.53. The average Bonchev–Trinajstić information content (AvgIpc) is 3.16. The summed E-state index contributed by atoms with van der Waals surface area (Å²) in [5, 5.41) is 2.83. The molecule has 0 spiro atoms. The number of rotatable bonds is 5. The quantitative estimate of drug-likeness (QED) is 0.663. The molecule has 0 saturated carbocycles. The first kappa shape index (κ1) is 20.3. The Bertz CT molecular complexity index is 1100. The third-order valence-electron chi connectivity index (χ3n) is 5.16. The molecule has 1 aliphatic rings. The fourth-order valence-electron chi connectivity index (χ4n) is 3.52. The van der Waals surface area contributed by atoms with Crippen molar-refractivity contribution >= 4 is 21.6 Å². The summed E-state index contributed by atoms with van der Waals surface area (Å²) in [6, 6.07) is 13.3. The molecule has 2 aromatic carbocycles. The zero-order valence-corrected chi connectivity index (χ0v) is 17.3. The molecule has 1 aromatic heterocycles. The normalized spacial score (nSPS) is 15.5. The second kappa shape index (κ2) is 8.81. The van der Waals surface area contributed by atoms with Crippen LogP contribution in [-0.2, 0) is 10.0 Å². The number of carbonyl (C=O) groups is 1. The summed E-state index contributed by atoms with van der Waals surface area (Å²) in [4.78, 5) is 16.7. The third-order valence-corrected chi connectivity index (χ3v) is 7.07. The van der Waals surface area contributed by atoms with Gasteiger partial charge in [-0.15, -0.1) is 0 Å². The Balaban J connectivity index is 1.47. The molecule has 0 unspecified atom stereocenters. The topological polar surface area (TPSA) is 92.5 Å². The molecule has 7 nitrogen and oxygen atoms in total. The number of benzene rings is 2. The lowest BCUT2D eigenvalue weighted by atomic mass is 10.1. The van der Waals surface area contributed by atoms with Crippen molar-refractivity contribution in [1.82, 2.24) is 9.29 Å². The molecule has 0 radical (unpaired) electrons. The van der Waals surface area contributed by atoms with Crippen molar-refractivity contribution in [3.05, 3.63) is 66.7 Å². The van der Waals surface area contributed by atoms with Gasteiger partial charge in [0.1, 0.15) is 0 Å². The number of hydrogen-bond acceptors (Lipinski definition) is 5. The van der Waals surface area contributed by atoms with Crippen LogP contribution in [-0.4, -0.2) is 36.7 Å². The first-order valence-corrected chi connectivity index (χ1v) is 11.4. The van der Waals surface area contributed by atoms with E-state index in [-0.39, 0.29) is 10.8 Å². The summed E-state index contributed by atoms with van der Waals surface area (Å²) >= 11 is 0. The summed E-state index contributed by atoms with van der Waals surface area (Å²) in [6.45, 7) is 1.10. The van der Waals surface area contributed by atoms with E-state index in [9.17, 15) is 13.2 Å². The smallest absolute Gasteiger partial charge is 0.255 e. The summed E-state index contributed by atoms with van der Waals surface area (Å²) in [5.74, 6) is 0.289. The molecule has 4 rings (SSSR count). The van der Waals surface area contributed by atoms with Gasteiger partial charge in [0.2, 0.25) is 10.0 Å². The number of carbonyl (C=O) groups excluding carboxylic acids is 1. The zero-order valence-electron chi connectivity index (χ0n) is 16.5. The van der Waals surface area contributed by atoms with Crippen molar-refractivity contribution in [3.8, 4) is 11.3 Å². The minimum Gasteiger partial charge on any atom is -0.444 e. The molecule has 1 aliphatic heterocycles. The van der Waals surface area contributed by atoms with Crippen LogP contribution in [0.4, 0.5) is 5.69 Å². The van der Waals surface area contributed by atoms with Gasteiger partial charge in [0.05, 0.1) is 11.1 Å². The molecule has 1 amide bonds. The highest BCUT2D eigenvalue weighted by Crippen LogP contribution is 2.23. The van der Waals surface area contributed by atoms with Crippen molar-refractivity contribution < 1.29 is 17.6 Å². The third kappa shape index (κ3) is 4.44. The van der Waals surface area contributed by atoms with E-state index in [2.05, 4.69) is 10.3 Å². The van der Waals surface area contributed by atoms with E-state index in [0.717, 1.165) is 31.2 Å². The Morgan fingerprint density at radius 2 is 1.73 bits per heavy atom. The van der Waals surface area contributed by atoms with Crippen LogP contribution in [0.2, 0.25) is 0 Å². The largest absolute Gasteiger partial charge is 0.444 e. The number of anilines is 1. The second-order valence-electron chi connectivity index (χ2n) is 7.24. The maximum Gasteiger partial charge on any atom is 0.255 e. The lowest BCUT2D eigenvalue weighted by Gasteiger charge is -2.20. The molecule has 3 aromatic rings. The molecule has 156 valence electrons. The summed E-state index contributed by atoms with van der Waals surface area (Å²) in [6.07, 6.45) is 6.83. The maximum atomic E-state index is 12.9. The standard InChI is InChI=1S/C22H23N3O4S/c26-22(24-19-7-5-6-18(14-19)21-15-23-16-29-21)17-8-10-20(11-9-17)30(27,28)25-12-3-1-2-4-13-25/h5-11,14-16H,1-4,12-13H2,(H,24,26). The van der Waals surface area contributed by atoms with E-state index in [0.29, 0.717) is 30.1 Å². The van der Waals surface area contributed by atoms with Crippen LogP contribution < -0.4 is 5.32 Å². The van der Waals surface area contributed by atoms with Gasteiger partial charge in [0, 0.05) is 29.9 Å². The maximum absolute atomic E-state index is 12.9. The van der Waals surface area contributed by atoms with E-state index >= 15 is 0 Å². The van der Waals surface area contributed by atoms with Gasteiger partial charge in [0.25, 0.3) is 5.91 Å². The number of aromatic nitrogens is 1. The zero-order chi connectivity index (χ0) is 21.0. The number of hydrogen-bond donors (Lipinski definition) is 1. The number of amides is 1. The number of sulfonamides is 1. The van der Waals surface area contributed by atoms with Crippen molar-refractivity contribution in [3.63, 3.8) is 0 Å². The molecule has 0 aliphatic carbocycles. The Morgan fingerprint density at radius 1 is 1.00 bits per heavy atom. The van der Waals surface area contributed by atoms with E-state index < -0.39 is 10.0 Å². The van der Waals surface area contributed by atoms with E-state index in [1.165, 1.54) is 18.5 Å². The lowest BCUT2D eigenvalue weighted by Crippen LogP contribution is -2.31. The van der Waals surface area contributed by atoms with Gasteiger partial charge < -0.3 is 9.73 Å². The van der Waals surface area contributed by atoms with Gasteiger partial charge in [-0.1, -0.05) is 25.0 Å². The van der Waals surface area contributed by atoms with Gasteiger partial charge in [-0.25, -0.2) is 13.4 Å². The Labute approximate surface area is 175 Å². The van der Waals surface area contributed by atoms with Crippen molar-refractivity contribution in [1.29, 1.82) is 0 Å². The highest BCUT2D eigenvalue weighted by atomic mass is 32.2. The first-order chi connectivity index (χ1) is 14.5. The van der Waals surface area contributed by atoms with E-state index in [1.54, 1.807) is 34.8 Å². The molecule has 0 atom stereocenters. The molecule has 8 heteroatoms. The van der Waals surface area contributed by atoms with Crippen LogP contribution in [0.15, 0.2) is 70.4 Å². The summed E-state index contributed by atoms with van der Waals surface area (Å²) in [5.41, 5.74) is 1.79. The molecule has 1 fully saturated rings. The van der Waals surface area contributed by atoms with Crippen LogP contribution >= 0.6 is 0 Å². The number of nitrogens with zero attached hydrogens (tertiary/aromatic N) is 2. The monoisotopic (exact) mass is 425 g/mol. The Kier molecular flexibility index (Phi) is 5.96. The second-order valence-corrected chi connectivity index (χ2v) is 9.18. The average molecular weight is 426 g/mol. The van der Waals surface area contributed by atoms with Gasteiger partial charge in [-0.3, -0.25) is 4.79 Å². The first-order valence-electron chi connectivity index (χ1n) is 9.94. The summed E-state index contributed by atoms with van der Waals surface area (Å²) in [7, 11) is -3.53. The lowest BCUT2D eigenvalue weighted by molar-refractivity contribution is 0.102. The Hall–Kier alpha value is -2.97. The highest BCUT2D eigenvalue weighted by Gasteiger charge is 2.25. The van der Waals surface area contributed by atoms with Crippen molar-refractivity contribution in [2.45, 2.75) is 30.6 Å². The summed E-state index contributed by atoms with van der Waals surface area (Å²) < 4.78 is 32.6. The molecule has 30 heavy (non-hydrogen) atoms. The van der Waals surface area contributed by atoms with Gasteiger partial charge in [-0.05, 0) is 49.2 Å². The van der Waals surface area contributed by atoms with Gasteiger partial charge >= 0.3 is 0 Å². The molecule has 0 bridgehead atoms. The van der Waals surface area contributed by atoms with Crippen LogP contribution in [0.1, 0.15) is 36.0 Å². The molecule has 1 saturated heterocycles. The minimum absolute atomic E-state index is 0.216. The molecular formula is C22H23N3O4S.